The number of Topliss-reactive ketones (excluding diaryl/α,β-unsaturated/α-hetero) is 1. The number of carbonyl (C=O) groups is 1. The maximum Gasteiger partial charge on any atom is 0.219 e. The zero-order valence-corrected chi connectivity index (χ0v) is 32.8. The Morgan fingerprint density at radius 2 is 1.53 bits per heavy atom. The maximum absolute atomic E-state index is 13.9. The number of aliphatic hydroxyl groups is 1. The molecule has 4 aliphatic rings. The van der Waals surface area contributed by atoms with Crippen molar-refractivity contribution in [2.24, 2.45) is 20.7 Å². The SMILES string of the molecule is COc1cccc(C(OC[C@H]2O[C@@H](N3CN=C4C3=NC=NC4(N)C(=O)c3ccccc3)[C@H](O[C@@H]3CCCC[C@H]3OC)[C@@H]2O)(c2ccccc2)c2ccccc2)c1OC. The molecule has 4 aromatic carbocycles. The molecule has 3 aliphatic heterocycles. The third kappa shape index (κ3) is 7.01. The number of ether oxygens (including phenoxy) is 6. The van der Waals surface area contributed by atoms with E-state index in [1.165, 1.54) is 6.34 Å². The molecule has 302 valence electrons. The van der Waals surface area contributed by atoms with E-state index in [9.17, 15) is 9.90 Å². The molecule has 58 heavy (non-hydrogen) atoms. The Balaban J connectivity index is 1.16. The predicted molar refractivity (Wildman–Crippen MR) is 219 cm³/mol. The molecule has 0 amide bonds. The summed E-state index contributed by atoms with van der Waals surface area (Å²) in [6.45, 7) is -0.0381. The van der Waals surface area contributed by atoms with E-state index in [0.717, 1.165) is 36.8 Å². The van der Waals surface area contributed by atoms with E-state index in [-0.39, 0.29) is 31.2 Å². The fraction of sp³-hybridized carbons (Fsp3) is 0.378. The van der Waals surface area contributed by atoms with Gasteiger partial charge >= 0.3 is 0 Å². The standard InChI is InChI=1S/C45H49N5O8/c1-53-33-23-13-14-24-34(33)57-39-37(51)36(58-43(39)50-28-48-40-42(50)47-27-49-45(40,46)41(52)29-16-7-4-8-17-29)26-56-44(30-18-9-5-10-19-30,31-20-11-6-12-21-31)32-22-15-25-35(54-2)38(32)55-3/h4-12,15-22,25,27,33-34,36-37,39,43,51H,13-14,23-24,26,28,46H2,1-3H3/t33-,34-,36-,37-,39-,43-,45?/m1/s1. The summed E-state index contributed by atoms with van der Waals surface area (Å²) in [5, 5.41) is 12.4. The Labute approximate surface area is 338 Å². The van der Waals surface area contributed by atoms with Gasteiger partial charge in [-0.2, -0.15) is 0 Å². The van der Waals surface area contributed by atoms with Crippen LogP contribution in [0.25, 0.3) is 0 Å². The first-order valence-electron chi connectivity index (χ1n) is 19.6. The van der Waals surface area contributed by atoms with Gasteiger partial charge in [0.15, 0.2) is 23.6 Å². The highest BCUT2D eigenvalue weighted by molar-refractivity contribution is 6.52. The minimum atomic E-state index is -1.81. The van der Waals surface area contributed by atoms with Crippen molar-refractivity contribution in [1.82, 2.24) is 4.90 Å². The summed E-state index contributed by atoms with van der Waals surface area (Å²) in [5.74, 6) is 0.945. The van der Waals surface area contributed by atoms with Crippen molar-refractivity contribution in [3.05, 3.63) is 131 Å². The van der Waals surface area contributed by atoms with Crippen molar-refractivity contribution in [1.29, 1.82) is 0 Å². The lowest BCUT2D eigenvalue weighted by Gasteiger charge is -2.38. The minimum Gasteiger partial charge on any atom is -0.493 e. The highest BCUT2D eigenvalue weighted by Crippen LogP contribution is 2.48. The fourth-order valence-corrected chi connectivity index (χ4v) is 8.64. The average Bonchev–Trinajstić information content (AvgIpc) is 3.85. The molecule has 4 aromatic rings. The normalized spacial score (nSPS) is 26.8. The number of carbonyl (C=O) groups excluding carboxylic acids is 1. The largest absolute Gasteiger partial charge is 0.493 e. The van der Waals surface area contributed by atoms with Crippen molar-refractivity contribution < 1.29 is 38.3 Å². The number of methoxy groups -OCH3 is 3. The Morgan fingerprint density at radius 1 is 0.879 bits per heavy atom. The number of aliphatic hydroxyl groups excluding tert-OH is 1. The van der Waals surface area contributed by atoms with Crippen LogP contribution in [0.1, 0.15) is 52.7 Å². The lowest BCUT2D eigenvalue weighted by molar-refractivity contribution is -0.154. The summed E-state index contributed by atoms with van der Waals surface area (Å²) in [6, 6.07) is 34.2. The molecule has 7 atom stereocenters. The molecular formula is C45H49N5O8. The van der Waals surface area contributed by atoms with Crippen LogP contribution in [0.2, 0.25) is 0 Å². The molecule has 1 aliphatic carbocycles. The summed E-state index contributed by atoms with van der Waals surface area (Å²) < 4.78 is 38.6. The van der Waals surface area contributed by atoms with E-state index in [1.54, 1.807) is 50.5 Å². The van der Waals surface area contributed by atoms with Crippen LogP contribution < -0.4 is 15.2 Å². The number of aliphatic imine (C=N–C) groups is 3. The lowest BCUT2D eigenvalue weighted by atomic mass is 9.79. The number of ketones is 1. The number of nitrogens with zero attached hydrogens (tertiary/aromatic N) is 4. The number of rotatable bonds is 14. The minimum absolute atomic E-state index is 0.0424. The highest BCUT2D eigenvalue weighted by Gasteiger charge is 2.55. The molecular weight excluding hydrogens is 739 g/mol. The van der Waals surface area contributed by atoms with Crippen molar-refractivity contribution in [2.75, 3.05) is 34.6 Å². The van der Waals surface area contributed by atoms with Crippen LogP contribution in [0.3, 0.4) is 0 Å². The van der Waals surface area contributed by atoms with E-state index in [0.29, 0.717) is 28.5 Å². The van der Waals surface area contributed by atoms with Crippen LogP contribution in [-0.2, 0) is 24.5 Å². The molecule has 0 radical (unpaired) electrons. The van der Waals surface area contributed by atoms with Crippen LogP contribution >= 0.6 is 0 Å². The molecule has 0 bridgehead atoms. The second kappa shape index (κ2) is 16.9. The number of amidine groups is 1. The van der Waals surface area contributed by atoms with Crippen molar-refractivity contribution in [3.63, 3.8) is 0 Å². The monoisotopic (exact) mass is 787 g/mol. The van der Waals surface area contributed by atoms with Gasteiger partial charge in [-0.05, 0) is 30.0 Å². The molecule has 2 fully saturated rings. The van der Waals surface area contributed by atoms with Crippen LogP contribution in [-0.4, -0.2) is 111 Å². The quantitative estimate of drug-likeness (QED) is 0.130. The summed E-state index contributed by atoms with van der Waals surface area (Å²) in [4.78, 5) is 29.3. The molecule has 1 saturated carbocycles. The third-order valence-corrected chi connectivity index (χ3v) is 11.6. The second-order valence-corrected chi connectivity index (χ2v) is 14.8. The smallest absolute Gasteiger partial charge is 0.219 e. The topological polar surface area (TPSA) is 159 Å². The Kier molecular flexibility index (Phi) is 11.5. The van der Waals surface area contributed by atoms with Gasteiger partial charge in [-0.1, -0.05) is 116 Å². The highest BCUT2D eigenvalue weighted by atomic mass is 16.6. The van der Waals surface area contributed by atoms with Gasteiger partial charge in [0.05, 0.1) is 33.0 Å². The molecule has 0 aromatic heterocycles. The van der Waals surface area contributed by atoms with Crippen molar-refractivity contribution in [3.8, 4) is 11.5 Å². The maximum atomic E-state index is 13.9. The number of nitrogens with two attached hydrogens (primary N) is 1. The second-order valence-electron chi connectivity index (χ2n) is 14.8. The van der Waals surface area contributed by atoms with Gasteiger partial charge in [0.25, 0.3) is 0 Å². The first-order valence-corrected chi connectivity index (χ1v) is 19.6. The molecule has 1 unspecified atom stereocenters. The van der Waals surface area contributed by atoms with Crippen LogP contribution in [0, 0.1) is 0 Å². The number of fused-ring (bicyclic) bond motifs is 1. The van der Waals surface area contributed by atoms with Gasteiger partial charge in [-0.3, -0.25) is 15.5 Å². The Bertz CT molecular complexity index is 2110. The molecule has 13 nitrogen and oxygen atoms in total. The molecule has 3 heterocycles. The Hall–Kier alpha value is -5.28. The number of hydrogen-bond donors (Lipinski definition) is 2. The van der Waals surface area contributed by atoms with Crippen LogP contribution in [0.4, 0.5) is 0 Å². The zero-order valence-electron chi connectivity index (χ0n) is 32.8. The van der Waals surface area contributed by atoms with Crippen molar-refractivity contribution >= 4 is 23.7 Å². The van der Waals surface area contributed by atoms with E-state index in [1.807, 2.05) is 84.9 Å². The molecule has 13 heteroatoms. The van der Waals surface area contributed by atoms with Gasteiger partial charge < -0.3 is 38.4 Å². The summed E-state index contributed by atoms with van der Waals surface area (Å²) in [5.41, 5.74) is 6.69. The van der Waals surface area contributed by atoms with E-state index in [4.69, 9.17) is 39.1 Å². The zero-order chi connectivity index (χ0) is 40.3. The number of benzene rings is 4. The molecule has 0 spiro atoms. The van der Waals surface area contributed by atoms with Gasteiger partial charge in [-0.15, -0.1) is 0 Å². The summed E-state index contributed by atoms with van der Waals surface area (Å²) in [6.07, 6.45) is 0.516. The van der Waals surface area contributed by atoms with E-state index >= 15 is 0 Å². The lowest BCUT2D eigenvalue weighted by Crippen LogP contribution is -2.60. The van der Waals surface area contributed by atoms with Crippen LogP contribution in [0.15, 0.2) is 124 Å². The first-order chi connectivity index (χ1) is 28.3. The third-order valence-electron chi connectivity index (χ3n) is 11.6. The van der Waals surface area contributed by atoms with E-state index in [2.05, 4.69) is 9.98 Å². The van der Waals surface area contributed by atoms with Crippen LogP contribution in [0.5, 0.6) is 11.5 Å². The van der Waals surface area contributed by atoms with Gasteiger partial charge in [-0.25, -0.2) is 9.98 Å². The van der Waals surface area contributed by atoms with Crippen molar-refractivity contribution in [2.45, 2.75) is 73.7 Å². The summed E-state index contributed by atoms with van der Waals surface area (Å²) >= 11 is 0. The van der Waals surface area contributed by atoms with Gasteiger partial charge in [0, 0.05) is 18.2 Å². The molecule has 3 N–H and O–H groups in total. The molecule has 8 rings (SSSR count). The predicted octanol–water partition coefficient (Wildman–Crippen LogP) is 5.13. The average molecular weight is 788 g/mol. The summed E-state index contributed by atoms with van der Waals surface area (Å²) in [7, 11) is 4.88. The first kappa shape index (κ1) is 39.5. The molecule has 1 saturated heterocycles. The van der Waals surface area contributed by atoms with Gasteiger partial charge in [0.2, 0.25) is 11.4 Å². The van der Waals surface area contributed by atoms with Gasteiger partial charge in [0.1, 0.15) is 42.6 Å². The number of hydrogen-bond acceptors (Lipinski definition) is 13. The number of para-hydroxylation sites is 1. The fourth-order valence-electron chi connectivity index (χ4n) is 8.64. The van der Waals surface area contributed by atoms with E-state index < -0.39 is 41.6 Å². The Morgan fingerprint density at radius 3 is 2.17 bits per heavy atom.